The zero-order valence-corrected chi connectivity index (χ0v) is 13.7. The van der Waals surface area contributed by atoms with Crippen LogP contribution in [0.5, 0.6) is 0 Å². The number of fused-ring (bicyclic) bond motifs is 3. The Bertz CT molecular complexity index is 1160. The van der Waals surface area contributed by atoms with E-state index in [1.54, 1.807) is 18.2 Å². The highest BCUT2D eigenvalue weighted by Gasteiger charge is 2.22. The molecule has 4 aromatic rings. The lowest BCUT2D eigenvalue weighted by molar-refractivity contribution is 0.669. The summed E-state index contributed by atoms with van der Waals surface area (Å²) in [5, 5.41) is 11.3. The van der Waals surface area contributed by atoms with E-state index in [1.807, 2.05) is 24.3 Å². The van der Waals surface area contributed by atoms with Gasteiger partial charge in [-0.15, -0.1) is 0 Å². The summed E-state index contributed by atoms with van der Waals surface area (Å²) in [7, 11) is 0. The number of nitrogens with zero attached hydrogens (tertiary/aromatic N) is 2. The van der Waals surface area contributed by atoms with E-state index in [0.717, 1.165) is 5.39 Å². The average Bonchev–Trinajstić information content (AvgIpc) is 2.92. The van der Waals surface area contributed by atoms with Gasteiger partial charge < -0.3 is 10.2 Å². The average molecular weight is 354 g/mol. The highest BCUT2D eigenvalue weighted by atomic mass is 35.5. The molecule has 0 aliphatic carbocycles. The van der Waals surface area contributed by atoms with Gasteiger partial charge in [-0.1, -0.05) is 41.4 Å². The molecule has 0 amide bonds. The van der Waals surface area contributed by atoms with E-state index in [9.17, 15) is 5.26 Å². The van der Waals surface area contributed by atoms with E-state index in [0.29, 0.717) is 37.9 Å². The van der Waals surface area contributed by atoms with Crippen molar-refractivity contribution < 1.29 is 4.42 Å². The number of anilines is 1. The third-order valence-corrected chi connectivity index (χ3v) is 4.39. The number of hydrogen-bond acceptors (Lipinski definition) is 4. The topological polar surface area (TPSA) is 75.8 Å². The van der Waals surface area contributed by atoms with Crippen molar-refractivity contribution >= 4 is 51.1 Å². The van der Waals surface area contributed by atoms with Gasteiger partial charge in [-0.3, -0.25) is 0 Å². The lowest BCUT2D eigenvalue weighted by Crippen LogP contribution is -1.98. The Morgan fingerprint density at radius 1 is 1.12 bits per heavy atom. The lowest BCUT2D eigenvalue weighted by atomic mass is 9.99. The van der Waals surface area contributed by atoms with Crippen molar-refractivity contribution in [3.8, 4) is 17.2 Å². The quantitative estimate of drug-likeness (QED) is 0.496. The molecule has 0 bridgehead atoms. The van der Waals surface area contributed by atoms with Gasteiger partial charge in [0.2, 0.25) is 0 Å². The molecule has 0 saturated carbocycles. The maximum atomic E-state index is 9.56. The fourth-order valence-electron chi connectivity index (χ4n) is 2.79. The van der Waals surface area contributed by atoms with Crippen LogP contribution in [0.4, 0.5) is 5.82 Å². The third kappa shape index (κ3) is 2.10. The zero-order chi connectivity index (χ0) is 16.8. The van der Waals surface area contributed by atoms with E-state index in [2.05, 4.69) is 11.1 Å². The van der Waals surface area contributed by atoms with Crippen LogP contribution in [0.15, 0.2) is 46.9 Å². The van der Waals surface area contributed by atoms with Crippen LogP contribution in [0.25, 0.3) is 33.2 Å². The minimum atomic E-state index is 0.137. The van der Waals surface area contributed by atoms with Gasteiger partial charge in [-0.25, -0.2) is 4.98 Å². The Labute approximate surface area is 147 Å². The molecule has 0 unspecified atom stereocenters. The number of furan rings is 1. The molecule has 2 aromatic carbocycles. The van der Waals surface area contributed by atoms with Gasteiger partial charge in [0.05, 0.1) is 5.02 Å². The van der Waals surface area contributed by atoms with E-state index < -0.39 is 0 Å². The molecule has 2 heterocycles. The molecule has 0 saturated heterocycles. The molecule has 0 aliphatic heterocycles. The Balaban J connectivity index is 2.22. The van der Waals surface area contributed by atoms with Crippen LogP contribution in [0.2, 0.25) is 10.0 Å². The number of para-hydroxylation sites is 1. The summed E-state index contributed by atoms with van der Waals surface area (Å²) in [6.07, 6.45) is 0. The Morgan fingerprint density at radius 2 is 1.92 bits per heavy atom. The molecule has 4 rings (SSSR count). The molecular formula is C18H9Cl2N3O. The normalized spacial score (nSPS) is 11.0. The number of benzene rings is 2. The lowest BCUT2D eigenvalue weighted by Gasteiger charge is -2.09. The van der Waals surface area contributed by atoms with Crippen LogP contribution >= 0.6 is 23.2 Å². The van der Waals surface area contributed by atoms with Gasteiger partial charge in [-0.05, 0) is 24.3 Å². The minimum Gasteiger partial charge on any atom is -0.454 e. The van der Waals surface area contributed by atoms with Gasteiger partial charge >= 0.3 is 0 Å². The second kappa shape index (κ2) is 5.41. The summed E-state index contributed by atoms with van der Waals surface area (Å²) in [6, 6.07) is 14.7. The highest BCUT2D eigenvalue weighted by molar-refractivity contribution is 6.36. The van der Waals surface area contributed by atoms with Crippen LogP contribution in [-0.2, 0) is 0 Å². The number of nitriles is 1. The van der Waals surface area contributed by atoms with Crippen LogP contribution in [0.1, 0.15) is 5.56 Å². The van der Waals surface area contributed by atoms with E-state index in [4.69, 9.17) is 33.4 Å². The summed E-state index contributed by atoms with van der Waals surface area (Å²) >= 11 is 12.3. The van der Waals surface area contributed by atoms with Gasteiger partial charge in [-0.2, -0.15) is 5.26 Å². The van der Waals surface area contributed by atoms with Gasteiger partial charge in [0.15, 0.2) is 5.58 Å². The fraction of sp³-hybridized carbons (Fsp3) is 0. The van der Waals surface area contributed by atoms with E-state index in [1.165, 1.54) is 0 Å². The number of halogens is 2. The van der Waals surface area contributed by atoms with Crippen molar-refractivity contribution in [1.29, 1.82) is 5.26 Å². The molecule has 4 nitrogen and oxygen atoms in total. The Kier molecular flexibility index (Phi) is 3.34. The first-order valence-corrected chi connectivity index (χ1v) is 7.82. The molecule has 2 aromatic heterocycles. The number of aromatic nitrogens is 1. The maximum Gasteiger partial charge on any atom is 0.163 e. The number of rotatable bonds is 1. The number of nitrogens with two attached hydrogens (primary N) is 1. The van der Waals surface area contributed by atoms with Crippen LogP contribution in [0, 0.1) is 11.3 Å². The van der Waals surface area contributed by atoms with Gasteiger partial charge in [0, 0.05) is 21.5 Å². The predicted molar refractivity (Wildman–Crippen MR) is 96.1 cm³/mol. The summed E-state index contributed by atoms with van der Waals surface area (Å²) in [4.78, 5) is 4.36. The smallest absolute Gasteiger partial charge is 0.163 e. The van der Waals surface area contributed by atoms with Crippen molar-refractivity contribution in [1.82, 2.24) is 4.98 Å². The second-order valence-corrected chi connectivity index (χ2v) is 6.10. The Hall–Kier alpha value is -2.74. The molecule has 24 heavy (non-hydrogen) atoms. The molecule has 0 radical (unpaired) electrons. The number of hydrogen-bond donors (Lipinski definition) is 1. The van der Waals surface area contributed by atoms with Crippen LogP contribution in [-0.4, -0.2) is 4.98 Å². The molecule has 2 N–H and O–H groups in total. The molecule has 6 heteroatoms. The SMILES string of the molecule is N#Cc1c(N)nc2c(oc3ccccc32)c1-c1ccc(Cl)cc1Cl. The van der Waals surface area contributed by atoms with Crippen molar-refractivity contribution in [2.45, 2.75) is 0 Å². The predicted octanol–water partition coefficient (Wildman–Crippen LogP) is 5.41. The highest BCUT2D eigenvalue weighted by Crippen LogP contribution is 2.41. The molecule has 0 aliphatic rings. The number of nitrogen functional groups attached to an aromatic ring is 1. The largest absolute Gasteiger partial charge is 0.454 e. The monoisotopic (exact) mass is 353 g/mol. The van der Waals surface area contributed by atoms with Crippen LogP contribution in [0.3, 0.4) is 0 Å². The molecule has 0 spiro atoms. The fourth-order valence-corrected chi connectivity index (χ4v) is 3.30. The molecular weight excluding hydrogens is 345 g/mol. The second-order valence-electron chi connectivity index (χ2n) is 5.26. The maximum absolute atomic E-state index is 9.56. The van der Waals surface area contributed by atoms with Crippen molar-refractivity contribution in [3.63, 3.8) is 0 Å². The summed E-state index contributed by atoms with van der Waals surface area (Å²) in [6.45, 7) is 0. The molecule has 0 atom stereocenters. The molecule has 0 fully saturated rings. The minimum absolute atomic E-state index is 0.137. The summed E-state index contributed by atoms with van der Waals surface area (Å²) in [5.41, 5.74) is 9.14. The van der Waals surface area contributed by atoms with Crippen LogP contribution < -0.4 is 5.73 Å². The van der Waals surface area contributed by atoms with E-state index >= 15 is 0 Å². The number of pyridine rings is 1. The first kappa shape index (κ1) is 14.8. The van der Waals surface area contributed by atoms with Crippen molar-refractivity contribution in [2.24, 2.45) is 0 Å². The first-order valence-electron chi connectivity index (χ1n) is 7.06. The van der Waals surface area contributed by atoms with Crippen molar-refractivity contribution in [2.75, 3.05) is 5.73 Å². The summed E-state index contributed by atoms with van der Waals surface area (Å²) < 4.78 is 5.96. The first-order chi connectivity index (χ1) is 11.6. The standard InChI is InChI=1S/C18H9Cl2N3O/c19-9-5-6-10(13(20)7-9)15-12(8-21)18(22)23-16-11-3-1-2-4-14(11)24-17(15)16/h1-7H,(H2,22,23). The van der Waals surface area contributed by atoms with E-state index in [-0.39, 0.29) is 11.4 Å². The third-order valence-electron chi connectivity index (χ3n) is 3.85. The molecule has 116 valence electrons. The summed E-state index contributed by atoms with van der Waals surface area (Å²) in [5.74, 6) is 0.137. The van der Waals surface area contributed by atoms with Crippen molar-refractivity contribution in [3.05, 3.63) is 58.1 Å². The van der Waals surface area contributed by atoms with Gasteiger partial charge in [0.1, 0.15) is 28.6 Å². The zero-order valence-electron chi connectivity index (χ0n) is 12.2. The van der Waals surface area contributed by atoms with Gasteiger partial charge in [0.25, 0.3) is 0 Å². The Morgan fingerprint density at radius 3 is 2.67 bits per heavy atom.